The number of guanidine groups is 1. The molecule has 0 radical (unpaired) electrons. The zero-order chi connectivity index (χ0) is 11.9. The minimum absolute atomic E-state index is 0.0477. The largest absolute Gasteiger partial charge is 0.370 e. The van der Waals surface area contributed by atoms with Gasteiger partial charge in [-0.25, -0.2) is 0 Å². The van der Waals surface area contributed by atoms with Crippen LogP contribution in [0.2, 0.25) is 0 Å². The molecule has 1 heterocycles. The summed E-state index contributed by atoms with van der Waals surface area (Å²) in [7, 11) is 0. The first-order chi connectivity index (χ1) is 8.20. The van der Waals surface area contributed by atoms with Crippen molar-refractivity contribution in [3.63, 3.8) is 0 Å². The smallest absolute Gasteiger partial charge is 0.192 e. The molecule has 17 heavy (non-hydrogen) atoms. The van der Waals surface area contributed by atoms with Gasteiger partial charge in [0.25, 0.3) is 0 Å². The van der Waals surface area contributed by atoms with E-state index in [2.05, 4.69) is 47.1 Å². The van der Waals surface area contributed by atoms with Gasteiger partial charge in [0.05, 0.1) is 12.1 Å². The van der Waals surface area contributed by atoms with Gasteiger partial charge in [-0.3, -0.25) is 4.99 Å². The highest BCUT2D eigenvalue weighted by Gasteiger charge is 2.41. The Bertz CT molecular complexity index is 436. The standard InChI is InChI=1S/C14H19N3/c1-14(12-5-3-2-4-6-12)10-16-13(15)17(14)9-11-7-8-11/h2-6,11H,7-10H2,1H3,(H2,15,16). The predicted octanol–water partition coefficient (Wildman–Crippen LogP) is 1.94. The van der Waals surface area contributed by atoms with Crippen molar-refractivity contribution in [1.29, 1.82) is 0 Å². The summed E-state index contributed by atoms with van der Waals surface area (Å²) in [5.41, 5.74) is 7.31. The molecule has 1 aliphatic heterocycles. The second-order valence-electron chi connectivity index (χ2n) is 5.37. The van der Waals surface area contributed by atoms with Gasteiger partial charge in [-0.1, -0.05) is 30.3 Å². The molecule has 0 aromatic heterocycles. The molecule has 3 nitrogen and oxygen atoms in total. The molecular formula is C14H19N3. The van der Waals surface area contributed by atoms with Crippen molar-refractivity contribution in [2.24, 2.45) is 16.6 Å². The van der Waals surface area contributed by atoms with Crippen molar-refractivity contribution in [1.82, 2.24) is 4.90 Å². The van der Waals surface area contributed by atoms with Crippen LogP contribution in [0.4, 0.5) is 0 Å². The molecule has 0 spiro atoms. The summed E-state index contributed by atoms with van der Waals surface area (Å²) in [4.78, 5) is 6.74. The van der Waals surface area contributed by atoms with Crippen molar-refractivity contribution in [2.45, 2.75) is 25.3 Å². The maximum atomic E-state index is 6.04. The molecule has 3 heteroatoms. The maximum absolute atomic E-state index is 6.04. The van der Waals surface area contributed by atoms with E-state index in [0.29, 0.717) is 5.96 Å². The molecule has 2 aliphatic rings. The van der Waals surface area contributed by atoms with Gasteiger partial charge in [-0.2, -0.15) is 0 Å². The molecular weight excluding hydrogens is 210 g/mol. The van der Waals surface area contributed by atoms with Gasteiger partial charge in [0.15, 0.2) is 5.96 Å². The van der Waals surface area contributed by atoms with Gasteiger partial charge >= 0.3 is 0 Å². The Balaban J connectivity index is 1.90. The molecule has 1 aromatic carbocycles. The summed E-state index contributed by atoms with van der Waals surface area (Å²) in [6.07, 6.45) is 2.68. The van der Waals surface area contributed by atoms with Gasteiger partial charge in [0.1, 0.15) is 0 Å². The van der Waals surface area contributed by atoms with E-state index in [-0.39, 0.29) is 5.54 Å². The first-order valence-corrected chi connectivity index (χ1v) is 6.33. The average Bonchev–Trinajstić information content (AvgIpc) is 3.13. The lowest BCUT2D eigenvalue weighted by atomic mass is 9.91. The fraction of sp³-hybridized carbons (Fsp3) is 0.500. The molecule has 0 saturated heterocycles. The highest BCUT2D eigenvalue weighted by atomic mass is 15.4. The van der Waals surface area contributed by atoms with E-state index >= 15 is 0 Å². The normalized spacial score (nSPS) is 28.3. The molecule has 90 valence electrons. The highest BCUT2D eigenvalue weighted by Crippen LogP contribution is 2.37. The third-order valence-corrected chi connectivity index (χ3v) is 3.95. The zero-order valence-corrected chi connectivity index (χ0v) is 10.3. The fourth-order valence-electron chi connectivity index (χ4n) is 2.56. The Morgan fingerprint density at radius 3 is 2.71 bits per heavy atom. The molecule has 1 saturated carbocycles. The van der Waals surface area contributed by atoms with Crippen LogP contribution in [0.15, 0.2) is 35.3 Å². The van der Waals surface area contributed by atoms with E-state index in [0.717, 1.165) is 19.0 Å². The average molecular weight is 229 g/mol. The number of hydrogen-bond donors (Lipinski definition) is 1. The lowest BCUT2D eigenvalue weighted by Gasteiger charge is -2.36. The van der Waals surface area contributed by atoms with Crippen molar-refractivity contribution in [3.8, 4) is 0 Å². The molecule has 0 amide bonds. The lowest BCUT2D eigenvalue weighted by Crippen LogP contribution is -2.48. The molecule has 3 rings (SSSR count). The topological polar surface area (TPSA) is 41.6 Å². The molecule has 2 N–H and O–H groups in total. The SMILES string of the molecule is CC1(c2ccccc2)CN=C(N)N1CC1CC1. The fourth-order valence-corrected chi connectivity index (χ4v) is 2.56. The summed E-state index contributed by atoms with van der Waals surface area (Å²) in [5.74, 6) is 1.54. The quantitative estimate of drug-likeness (QED) is 0.860. The summed E-state index contributed by atoms with van der Waals surface area (Å²) < 4.78 is 0. The van der Waals surface area contributed by atoms with Crippen LogP contribution in [0.25, 0.3) is 0 Å². The Kier molecular flexibility index (Phi) is 2.35. The predicted molar refractivity (Wildman–Crippen MR) is 69.7 cm³/mol. The number of hydrogen-bond acceptors (Lipinski definition) is 3. The first-order valence-electron chi connectivity index (χ1n) is 6.33. The van der Waals surface area contributed by atoms with E-state index < -0.39 is 0 Å². The molecule has 1 aromatic rings. The van der Waals surface area contributed by atoms with Gasteiger partial charge in [-0.05, 0) is 31.2 Å². The molecule has 1 atom stereocenters. The first kappa shape index (κ1) is 10.6. The Labute approximate surface area is 102 Å². The summed E-state index contributed by atoms with van der Waals surface area (Å²) in [6.45, 7) is 4.07. The van der Waals surface area contributed by atoms with E-state index in [1.165, 1.54) is 18.4 Å². The van der Waals surface area contributed by atoms with E-state index in [9.17, 15) is 0 Å². The van der Waals surface area contributed by atoms with Gasteiger partial charge < -0.3 is 10.6 Å². The minimum atomic E-state index is -0.0477. The molecule has 0 bridgehead atoms. The second kappa shape index (κ2) is 3.76. The Morgan fingerprint density at radius 2 is 2.06 bits per heavy atom. The molecule has 1 aliphatic carbocycles. The van der Waals surface area contributed by atoms with Crippen LogP contribution in [-0.2, 0) is 5.54 Å². The van der Waals surface area contributed by atoms with Crippen LogP contribution in [0.3, 0.4) is 0 Å². The van der Waals surface area contributed by atoms with Crippen molar-refractivity contribution >= 4 is 5.96 Å². The molecule has 1 fully saturated rings. The third-order valence-electron chi connectivity index (χ3n) is 3.95. The Hall–Kier alpha value is -1.51. The van der Waals surface area contributed by atoms with Crippen LogP contribution in [0.5, 0.6) is 0 Å². The van der Waals surface area contributed by atoms with Crippen molar-refractivity contribution < 1.29 is 0 Å². The zero-order valence-electron chi connectivity index (χ0n) is 10.3. The third kappa shape index (κ3) is 1.79. The Morgan fingerprint density at radius 1 is 1.35 bits per heavy atom. The maximum Gasteiger partial charge on any atom is 0.192 e. The molecule has 1 unspecified atom stereocenters. The van der Waals surface area contributed by atoms with Crippen LogP contribution in [-0.4, -0.2) is 23.9 Å². The number of aliphatic imine (C=N–C) groups is 1. The number of rotatable bonds is 3. The van der Waals surface area contributed by atoms with Gasteiger partial charge in [0.2, 0.25) is 0 Å². The summed E-state index contributed by atoms with van der Waals surface area (Å²) in [6, 6.07) is 10.6. The van der Waals surface area contributed by atoms with E-state index in [1.807, 2.05) is 0 Å². The van der Waals surface area contributed by atoms with Crippen LogP contribution < -0.4 is 5.73 Å². The van der Waals surface area contributed by atoms with Crippen molar-refractivity contribution in [3.05, 3.63) is 35.9 Å². The van der Waals surface area contributed by atoms with Crippen LogP contribution in [0, 0.1) is 5.92 Å². The van der Waals surface area contributed by atoms with E-state index in [4.69, 9.17) is 5.73 Å². The number of nitrogens with zero attached hydrogens (tertiary/aromatic N) is 2. The van der Waals surface area contributed by atoms with Gasteiger partial charge in [0, 0.05) is 6.54 Å². The van der Waals surface area contributed by atoms with E-state index in [1.54, 1.807) is 0 Å². The van der Waals surface area contributed by atoms with Crippen LogP contribution in [0.1, 0.15) is 25.3 Å². The summed E-state index contributed by atoms with van der Waals surface area (Å²) >= 11 is 0. The highest BCUT2D eigenvalue weighted by molar-refractivity contribution is 5.81. The lowest BCUT2D eigenvalue weighted by molar-refractivity contribution is 0.217. The summed E-state index contributed by atoms with van der Waals surface area (Å²) in [5, 5.41) is 0. The van der Waals surface area contributed by atoms with Crippen LogP contribution >= 0.6 is 0 Å². The number of nitrogens with two attached hydrogens (primary N) is 1. The van der Waals surface area contributed by atoms with Crippen molar-refractivity contribution in [2.75, 3.05) is 13.1 Å². The second-order valence-corrected chi connectivity index (χ2v) is 5.37. The minimum Gasteiger partial charge on any atom is -0.370 e. The monoisotopic (exact) mass is 229 g/mol. The number of benzene rings is 1. The van der Waals surface area contributed by atoms with Gasteiger partial charge in [-0.15, -0.1) is 0 Å².